The molecule has 0 radical (unpaired) electrons. The van der Waals surface area contributed by atoms with Gasteiger partial charge in [0.1, 0.15) is 17.2 Å². The molecule has 1 amide bonds. The number of nitrogens with zero attached hydrogens (tertiary/aromatic N) is 1. The van der Waals surface area contributed by atoms with Crippen molar-refractivity contribution in [1.29, 1.82) is 0 Å². The Kier molecular flexibility index (Phi) is 5.88. The first kappa shape index (κ1) is 20.8. The first-order valence-electron chi connectivity index (χ1n) is 9.01. The summed E-state index contributed by atoms with van der Waals surface area (Å²) < 4.78 is 42.2. The second-order valence-corrected chi connectivity index (χ2v) is 8.66. The number of sulfonamides is 1. The van der Waals surface area contributed by atoms with Gasteiger partial charge in [-0.25, -0.2) is 8.42 Å². The van der Waals surface area contributed by atoms with E-state index < -0.39 is 22.0 Å². The molecule has 2 aromatic carbocycles. The number of methoxy groups -OCH3 is 2. The number of aryl methyl sites for hydroxylation is 1. The molecule has 0 saturated carbocycles. The molecule has 0 saturated heterocycles. The molecule has 0 spiro atoms. The topological polar surface area (TPSA) is 94.2 Å². The lowest BCUT2D eigenvalue weighted by molar-refractivity contribution is -0.122. The fourth-order valence-electron chi connectivity index (χ4n) is 3.13. The SMILES string of the molecule is COc1ccc(NC(=O)[C@H]2CCN(S(C)(=O)=O)c3cc(C)ccc3O2)c(OC)c1. The molecule has 0 fully saturated rings. The quantitative estimate of drug-likeness (QED) is 0.799. The number of fused-ring (bicyclic) bond motifs is 1. The lowest BCUT2D eigenvalue weighted by Crippen LogP contribution is -2.36. The van der Waals surface area contributed by atoms with E-state index in [0.717, 1.165) is 11.8 Å². The molecule has 1 heterocycles. The Balaban J connectivity index is 1.87. The molecule has 0 unspecified atom stereocenters. The van der Waals surface area contributed by atoms with E-state index in [4.69, 9.17) is 14.2 Å². The van der Waals surface area contributed by atoms with Gasteiger partial charge in [0.25, 0.3) is 5.91 Å². The van der Waals surface area contributed by atoms with Crippen LogP contribution in [0, 0.1) is 6.92 Å². The van der Waals surface area contributed by atoms with Crippen molar-refractivity contribution in [3.8, 4) is 17.2 Å². The van der Waals surface area contributed by atoms with Crippen molar-refractivity contribution < 1.29 is 27.4 Å². The molecule has 3 rings (SSSR count). The smallest absolute Gasteiger partial charge is 0.265 e. The lowest BCUT2D eigenvalue weighted by Gasteiger charge is -2.21. The van der Waals surface area contributed by atoms with Crippen LogP contribution in [0.2, 0.25) is 0 Å². The number of hydrogen-bond donors (Lipinski definition) is 1. The molecule has 9 heteroatoms. The minimum atomic E-state index is -3.52. The van der Waals surface area contributed by atoms with Gasteiger partial charge in [0.05, 0.1) is 31.9 Å². The van der Waals surface area contributed by atoms with E-state index in [1.165, 1.54) is 11.4 Å². The van der Waals surface area contributed by atoms with Crippen LogP contribution in [-0.4, -0.2) is 47.4 Å². The summed E-state index contributed by atoms with van der Waals surface area (Å²) in [5.41, 5.74) is 1.80. The fraction of sp³-hybridized carbons (Fsp3) is 0.350. The zero-order chi connectivity index (χ0) is 21.2. The third-order valence-electron chi connectivity index (χ3n) is 4.61. The van der Waals surface area contributed by atoms with Gasteiger partial charge in [0.15, 0.2) is 6.10 Å². The van der Waals surface area contributed by atoms with Gasteiger partial charge in [-0.05, 0) is 36.8 Å². The molecular formula is C20H24N2O6S. The van der Waals surface area contributed by atoms with E-state index in [-0.39, 0.29) is 13.0 Å². The zero-order valence-corrected chi connectivity index (χ0v) is 17.6. The number of carbonyl (C=O) groups is 1. The van der Waals surface area contributed by atoms with Crippen molar-refractivity contribution in [2.24, 2.45) is 0 Å². The van der Waals surface area contributed by atoms with E-state index >= 15 is 0 Å². The summed E-state index contributed by atoms with van der Waals surface area (Å²) >= 11 is 0. The molecule has 0 aromatic heterocycles. The van der Waals surface area contributed by atoms with E-state index in [0.29, 0.717) is 28.6 Å². The van der Waals surface area contributed by atoms with Gasteiger partial charge in [-0.2, -0.15) is 0 Å². The third-order valence-corrected chi connectivity index (χ3v) is 5.79. The standard InChI is InChI=1S/C20H24N2O6S/c1-13-5-8-17-16(11-13)22(29(4,24)25)10-9-18(28-17)20(23)21-15-7-6-14(26-2)12-19(15)27-3/h5-8,11-12,18H,9-10H2,1-4H3,(H,21,23)/t18-/m1/s1. The fourth-order valence-corrected chi connectivity index (χ4v) is 4.07. The van der Waals surface area contributed by atoms with E-state index in [1.54, 1.807) is 37.4 Å². The van der Waals surface area contributed by atoms with Gasteiger partial charge < -0.3 is 19.5 Å². The highest BCUT2D eigenvalue weighted by Crippen LogP contribution is 2.35. The minimum absolute atomic E-state index is 0.132. The zero-order valence-electron chi connectivity index (χ0n) is 16.8. The second kappa shape index (κ2) is 8.20. The molecule has 1 aliphatic rings. The molecule has 1 atom stereocenters. The highest BCUT2D eigenvalue weighted by atomic mass is 32.2. The molecule has 0 bridgehead atoms. The van der Waals surface area contributed by atoms with Gasteiger partial charge in [-0.15, -0.1) is 0 Å². The molecule has 1 aliphatic heterocycles. The summed E-state index contributed by atoms with van der Waals surface area (Å²) in [7, 11) is -0.482. The summed E-state index contributed by atoms with van der Waals surface area (Å²) in [4.78, 5) is 12.9. The minimum Gasteiger partial charge on any atom is -0.497 e. The third kappa shape index (κ3) is 4.56. The Morgan fingerprint density at radius 1 is 1.17 bits per heavy atom. The van der Waals surface area contributed by atoms with Crippen LogP contribution in [0.4, 0.5) is 11.4 Å². The van der Waals surface area contributed by atoms with Crippen LogP contribution in [-0.2, 0) is 14.8 Å². The molecular weight excluding hydrogens is 396 g/mol. The maximum atomic E-state index is 12.9. The number of nitrogens with one attached hydrogen (secondary N) is 1. The Morgan fingerprint density at radius 3 is 2.59 bits per heavy atom. The molecule has 29 heavy (non-hydrogen) atoms. The van der Waals surface area contributed by atoms with E-state index in [2.05, 4.69) is 5.32 Å². The Bertz CT molecular complexity index is 1020. The largest absolute Gasteiger partial charge is 0.497 e. The number of hydrogen-bond acceptors (Lipinski definition) is 6. The number of benzene rings is 2. The van der Waals surface area contributed by atoms with Crippen LogP contribution < -0.4 is 23.8 Å². The van der Waals surface area contributed by atoms with Crippen LogP contribution in [0.25, 0.3) is 0 Å². The lowest BCUT2D eigenvalue weighted by atomic mass is 10.2. The second-order valence-electron chi connectivity index (χ2n) is 6.76. The first-order chi connectivity index (χ1) is 13.7. The Morgan fingerprint density at radius 2 is 1.93 bits per heavy atom. The maximum absolute atomic E-state index is 12.9. The predicted octanol–water partition coefficient (Wildman–Crippen LogP) is 2.57. The summed E-state index contributed by atoms with van der Waals surface area (Å²) in [6.45, 7) is 2.00. The summed E-state index contributed by atoms with van der Waals surface area (Å²) in [6.07, 6.45) is 0.474. The first-order valence-corrected chi connectivity index (χ1v) is 10.9. The number of amides is 1. The molecule has 2 aromatic rings. The Labute approximate surface area is 170 Å². The maximum Gasteiger partial charge on any atom is 0.265 e. The number of carbonyl (C=O) groups excluding carboxylic acids is 1. The van der Waals surface area contributed by atoms with Crippen molar-refractivity contribution in [1.82, 2.24) is 0 Å². The van der Waals surface area contributed by atoms with Crippen LogP contribution >= 0.6 is 0 Å². The molecule has 1 N–H and O–H groups in total. The van der Waals surface area contributed by atoms with E-state index in [1.807, 2.05) is 13.0 Å². The van der Waals surface area contributed by atoms with Gasteiger partial charge in [0.2, 0.25) is 10.0 Å². The monoisotopic (exact) mass is 420 g/mol. The van der Waals surface area contributed by atoms with Crippen LogP contribution in [0.3, 0.4) is 0 Å². The van der Waals surface area contributed by atoms with Crippen molar-refractivity contribution in [2.45, 2.75) is 19.4 Å². The average Bonchev–Trinajstić information content (AvgIpc) is 2.87. The normalized spacial score (nSPS) is 16.3. The van der Waals surface area contributed by atoms with Gasteiger partial charge >= 0.3 is 0 Å². The summed E-state index contributed by atoms with van der Waals surface area (Å²) in [6, 6.07) is 10.3. The average molecular weight is 420 g/mol. The van der Waals surface area contributed by atoms with Gasteiger partial charge in [0, 0.05) is 19.0 Å². The summed E-state index contributed by atoms with van der Waals surface area (Å²) in [5.74, 6) is 0.995. The van der Waals surface area contributed by atoms with Crippen LogP contribution in [0.1, 0.15) is 12.0 Å². The number of anilines is 2. The Hall–Kier alpha value is -2.94. The van der Waals surface area contributed by atoms with Crippen molar-refractivity contribution in [3.63, 3.8) is 0 Å². The predicted molar refractivity (Wildman–Crippen MR) is 111 cm³/mol. The van der Waals surface area contributed by atoms with Gasteiger partial charge in [-0.3, -0.25) is 9.10 Å². The molecule has 8 nitrogen and oxygen atoms in total. The van der Waals surface area contributed by atoms with Crippen LogP contribution in [0.5, 0.6) is 17.2 Å². The van der Waals surface area contributed by atoms with Gasteiger partial charge in [-0.1, -0.05) is 6.07 Å². The summed E-state index contributed by atoms with van der Waals surface area (Å²) in [5, 5.41) is 2.79. The van der Waals surface area contributed by atoms with Crippen LogP contribution in [0.15, 0.2) is 36.4 Å². The van der Waals surface area contributed by atoms with Crippen molar-refractivity contribution in [3.05, 3.63) is 42.0 Å². The van der Waals surface area contributed by atoms with Crippen molar-refractivity contribution >= 4 is 27.3 Å². The molecule has 156 valence electrons. The van der Waals surface area contributed by atoms with E-state index in [9.17, 15) is 13.2 Å². The highest BCUT2D eigenvalue weighted by molar-refractivity contribution is 7.92. The highest BCUT2D eigenvalue weighted by Gasteiger charge is 2.31. The number of rotatable bonds is 5. The number of ether oxygens (including phenoxy) is 3. The van der Waals surface area contributed by atoms with Crippen molar-refractivity contribution in [2.75, 3.05) is 36.6 Å². The molecule has 0 aliphatic carbocycles.